The Hall–Kier alpha value is -6.04. The Bertz CT molecular complexity index is 2800. The second-order valence-electron chi connectivity index (χ2n) is 15.0. The molecule has 4 unspecified atom stereocenters. The van der Waals surface area contributed by atoms with E-state index in [0.717, 1.165) is 12.4 Å². The number of thiazole rings is 2. The van der Waals surface area contributed by atoms with E-state index >= 15 is 0 Å². The van der Waals surface area contributed by atoms with Gasteiger partial charge in [-0.1, -0.05) is 70.1 Å². The van der Waals surface area contributed by atoms with Crippen LogP contribution in [0.25, 0.3) is 0 Å². The predicted octanol–water partition coefficient (Wildman–Crippen LogP) is 7.49. The number of carbonyl (C=O) groups excluding carboxylic acids is 4. The van der Waals surface area contributed by atoms with Gasteiger partial charge in [-0.05, 0) is 85.6 Å². The van der Waals surface area contributed by atoms with Crippen LogP contribution in [0.4, 0.5) is 19.0 Å². The van der Waals surface area contributed by atoms with Crippen molar-refractivity contribution in [3.63, 3.8) is 0 Å². The molecule has 2 aliphatic heterocycles. The van der Waals surface area contributed by atoms with E-state index in [1.807, 2.05) is 0 Å². The minimum atomic E-state index is -3.73. The van der Waals surface area contributed by atoms with E-state index in [1.54, 1.807) is 48.5 Å². The topological polar surface area (TPSA) is 229 Å². The van der Waals surface area contributed by atoms with Crippen LogP contribution in [0.3, 0.4) is 0 Å². The Morgan fingerprint density at radius 1 is 0.603 bits per heavy atom. The van der Waals surface area contributed by atoms with Crippen LogP contribution in [-0.2, 0) is 38.9 Å². The van der Waals surface area contributed by atoms with Crippen molar-refractivity contribution in [2.24, 2.45) is 0 Å². The van der Waals surface area contributed by atoms with Crippen LogP contribution < -0.4 is 30.7 Å². The van der Waals surface area contributed by atoms with Gasteiger partial charge < -0.3 is 20.1 Å². The smallest absolute Gasteiger partial charge is 0.271 e. The third-order valence-corrected chi connectivity index (χ3v) is 16.7. The van der Waals surface area contributed by atoms with Crippen LogP contribution in [0.15, 0.2) is 119 Å². The monoisotopic (exact) mass is 1050 g/mol. The Labute approximate surface area is 406 Å². The molecule has 16 nitrogen and oxygen atoms in total. The van der Waals surface area contributed by atoms with Gasteiger partial charge in [0.25, 0.3) is 11.8 Å². The van der Waals surface area contributed by atoms with Gasteiger partial charge in [-0.15, -0.1) is 0 Å². The largest absolute Gasteiger partial charge is 0.476 e. The Kier molecular flexibility index (Phi) is 16.1. The molecule has 2 fully saturated rings. The molecule has 4 atom stereocenters. The summed E-state index contributed by atoms with van der Waals surface area (Å²) < 4.78 is 90.2. The highest BCUT2D eigenvalue weighted by atomic mass is 35.5. The highest BCUT2D eigenvalue weighted by molar-refractivity contribution is 7.92. The Morgan fingerprint density at radius 2 is 0.956 bits per heavy atom. The van der Waals surface area contributed by atoms with Gasteiger partial charge in [0.05, 0.1) is 32.7 Å². The molecule has 0 radical (unpaired) electrons. The van der Waals surface area contributed by atoms with Crippen molar-refractivity contribution in [2.75, 3.05) is 23.7 Å². The highest BCUT2D eigenvalue weighted by Gasteiger charge is 2.34. The van der Waals surface area contributed by atoms with E-state index in [-0.39, 0.29) is 44.7 Å². The van der Waals surface area contributed by atoms with Crippen molar-refractivity contribution in [3.05, 3.63) is 141 Å². The quantitative estimate of drug-likeness (QED) is 0.0832. The third kappa shape index (κ3) is 12.7. The number of carbonyl (C=O) groups is 4. The lowest BCUT2D eigenvalue weighted by Gasteiger charge is -2.23. The zero-order chi connectivity index (χ0) is 48.6. The van der Waals surface area contributed by atoms with E-state index in [0.29, 0.717) is 81.3 Å². The average Bonchev–Trinajstić information content (AvgIpc) is 3.94. The summed E-state index contributed by atoms with van der Waals surface area (Å²) >= 11 is 13.2. The molecule has 4 amide bonds. The summed E-state index contributed by atoms with van der Waals surface area (Å²) in [4.78, 5) is 56.9. The number of sulfone groups is 2. The maximum Gasteiger partial charge on any atom is 0.271 e. The van der Waals surface area contributed by atoms with Crippen LogP contribution in [0.1, 0.15) is 49.0 Å². The molecule has 0 bridgehead atoms. The summed E-state index contributed by atoms with van der Waals surface area (Å²) in [6, 6.07) is 24.1. The van der Waals surface area contributed by atoms with Gasteiger partial charge in [-0.25, -0.2) is 26.8 Å². The molecule has 0 aliphatic carbocycles. The SMILES string of the molecule is O=C1CC(S(=O)(=O)c2ccc(C(Oc3ccc(Cl)cc3)C(=O)Nc3ncc(F)s3)cc2)CCN1.O=C1CC(S(=O)(=O)c2ccc(C(Oc3ccc(Cl)cc3)C(=O)Nc3ncc(F)s3)cc2)CCN1. The number of ether oxygens (including phenoxy) is 2. The maximum absolute atomic E-state index is 13.3. The molecule has 4 N–H and O–H groups in total. The number of anilines is 2. The van der Waals surface area contributed by atoms with Crippen LogP contribution in [0.5, 0.6) is 11.5 Å². The zero-order valence-corrected chi connectivity index (χ0v) is 39.8. The molecular formula is C44H38Cl2F2N6O10S4. The molecule has 0 saturated carbocycles. The highest BCUT2D eigenvalue weighted by Crippen LogP contribution is 2.31. The fraction of sp³-hybridized carbons (Fsp3) is 0.227. The second-order valence-corrected chi connectivity index (χ2v) is 22.3. The molecule has 2 saturated heterocycles. The fourth-order valence-corrected chi connectivity index (χ4v) is 11.6. The first kappa shape index (κ1) is 49.9. The number of hydrogen-bond donors (Lipinski definition) is 4. The lowest BCUT2D eigenvalue weighted by atomic mass is 10.1. The van der Waals surface area contributed by atoms with Crippen LogP contribution >= 0.6 is 45.9 Å². The van der Waals surface area contributed by atoms with Crippen molar-refractivity contribution in [1.82, 2.24) is 20.6 Å². The number of halogens is 4. The summed E-state index contributed by atoms with van der Waals surface area (Å²) in [5, 5.41) is 8.60. The van der Waals surface area contributed by atoms with E-state index < -0.39 is 64.5 Å². The van der Waals surface area contributed by atoms with Crippen molar-refractivity contribution in [2.45, 2.75) is 58.2 Å². The number of nitrogens with zero attached hydrogens (tertiary/aromatic N) is 2. The first-order valence-electron chi connectivity index (χ1n) is 20.3. The van der Waals surface area contributed by atoms with Crippen molar-refractivity contribution >= 4 is 99.4 Å². The average molecular weight is 1050 g/mol. The summed E-state index contributed by atoms with van der Waals surface area (Å²) in [6.45, 7) is 0.602. The molecule has 68 heavy (non-hydrogen) atoms. The van der Waals surface area contributed by atoms with Crippen molar-refractivity contribution < 1.29 is 54.3 Å². The summed E-state index contributed by atoms with van der Waals surface area (Å²) in [6.07, 6.45) is 0.0468. The second kappa shape index (κ2) is 21.9. The number of amides is 4. The number of piperidine rings is 2. The summed E-state index contributed by atoms with van der Waals surface area (Å²) in [5.41, 5.74) is 0.731. The molecule has 0 spiro atoms. The molecule has 2 aromatic heterocycles. The molecule has 24 heteroatoms. The number of rotatable bonds is 14. The van der Waals surface area contributed by atoms with E-state index in [9.17, 15) is 44.8 Å². The minimum absolute atomic E-state index is 0.0450. The van der Waals surface area contributed by atoms with Gasteiger partial charge >= 0.3 is 0 Å². The molecule has 8 rings (SSSR count). The molecule has 4 aromatic carbocycles. The van der Waals surface area contributed by atoms with E-state index in [2.05, 4.69) is 31.2 Å². The molecule has 2 aliphatic rings. The lowest BCUT2D eigenvalue weighted by molar-refractivity contribution is -0.123. The van der Waals surface area contributed by atoms with E-state index in [4.69, 9.17) is 32.7 Å². The number of benzene rings is 4. The maximum atomic E-state index is 13.3. The van der Waals surface area contributed by atoms with Gasteiger partial charge in [0.2, 0.25) is 24.0 Å². The number of nitrogens with one attached hydrogen (secondary N) is 4. The molecule has 6 aromatic rings. The fourth-order valence-electron chi connectivity index (χ4n) is 6.90. The number of hydrogen-bond acceptors (Lipinski definition) is 14. The first-order valence-corrected chi connectivity index (χ1v) is 25.8. The third-order valence-electron chi connectivity index (χ3n) is 10.3. The van der Waals surface area contributed by atoms with Crippen LogP contribution in [-0.4, -0.2) is 74.0 Å². The predicted molar refractivity (Wildman–Crippen MR) is 250 cm³/mol. The van der Waals surface area contributed by atoms with Crippen LogP contribution in [0.2, 0.25) is 10.0 Å². The summed E-state index contributed by atoms with van der Waals surface area (Å²) in [7, 11) is -7.47. The van der Waals surface area contributed by atoms with Crippen LogP contribution in [0, 0.1) is 10.3 Å². The first-order chi connectivity index (χ1) is 32.4. The standard InChI is InChI=1S/2C22H19ClFN3O5S2/c2*23-14-3-5-15(6-4-14)32-20(21(29)27-22-26-12-18(24)33-22)13-1-7-16(8-2-13)34(30,31)17-9-10-25-19(28)11-17/h2*1-8,12,17,20H,9-11H2,(H,25,28)(H,26,27,29). The number of aromatic nitrogens is 2. The Balaban J connectivity index is 0.000000201. The van der Waals surface area contributed by atoms with Gasteiger partial charge in [0, 0.05) is 47.1 Å². The molecule has 4 heterocycles. The Morgan fingerprint density at radius 3 is 1.26 bits per heavy atom. The minimum Gasteiger partial charge on any atom is -0.476 e. The van der Waals surface area contributed by atoms with Gasteiger partial charge in [-0.3, -0.25) is 29.8 Å². The zero-order valence-electron chi connectivity index (χ0n) is 35.1. The van der Waals surface area contributed by atoms with E-state index in [1.165, 1.54) is 48.5 Å². The summed E-state index contributed by atoms with van der Waals surface area (Å²) in [5.74, 6) is -1.15. The molecule has 356 valence electrons. The van der Waals surface area contributed by atoms with Crippen molar-refractivity contribution in [3.8, 4) is 11.5 Å². The van der Waals surface area contributed by atoms with Crippen molar-refractivity contribution in [1.29, 1.82) is 0 Å². The normalized spacial score (nSPS) is 17.0. The van der Waals surface area contributed by atoms with Gasteiger partial charge in [-0.2, -0.15) is 8.78 Å². The lowest BCUT2D eigenvalue weighted by Crippen LogP contribution is -2.39. The van der Waals surface area contributed by atoms with Gasteiger partial charge in [0.15, 0.2) is 40.2 Å². The molecular weight excluding hydrogens is 1010 g/mol. The van der Waals surface area contributed by atoms with Gasteiger partial charge in [0.1, 0.15) is 11.5 Å².